The number of H-pyrrole nitrogens is 1. The molecule has 1 amide bonds. The second-order valence-electron chi connectivity index (χ2n) is 8.48. The number of aromatic nitrogens is 2. The van der Waals surface area contributed by atoms with Crippen LogP contribution in [0.2, 0.25) is 0 Å². The molecule has 33 heavy (non-hydrogen) atoms. The fourth-order valence-corrected chi connectivity index (χ4v) is 3.57. The van der Waals surface area contributed by atoms with E-state index in [0.717, 1.165) is 11.3 Å². The van der Waals surface area contributed by atoms with Crippen molar-refractivity contribution < 1.29 is 4.79 Å². The first-order valence-corrected chi connectivity index (χ1v) is 11.0. The maximum absolute atomic E-state index is 13.4. The number of nitrogens with zero attached hydrogens (tertiary/aromatic N) is 3. The third-order valence-corrected chi connectivity index (χ3v) is 5.47. The maximum atomic E-state index is 13.4. The predicted molar refractivity (Wildman–Crippen MR) is 133 cm³/mol. The lowest BCUT2D eigenvalue weighted by molar-refractivity contribution is -0.117. The predicted octanol–water partition coefficient (Wildman–Crippen LogP) is 2.68. The van der Waals surface area contributed by atoms with Gasteiger partial charge in [-0.3, -0.25) is 19.1 Å². The van der Waals surface area contributed by atoms with Crippen molar-refractivity contribution in [3.63, 3.8) is 0 Å². The Kier molecular flexibility index (Phi) is 7.71. The summed E-state index contributed by atoms with van der Waals surface area (Å²) >= 11 is 0. The molecule has 0 bridgehead atoms. The molecular formula is C25H31N5O3. The highest BCUT2D eigenvalue weighted by Crippen LogP contribution is 2.20. The molecule has 0 radical (unpaired) electrons. The van der Waals surface area contributed by atoms with Crippen LogP contribution in [0, 0.1) is 5.92 Å². The summed E-state index contributed by atoms with van der Waals surface area (Å²) in [5.41, 5.74) is 6.83. The van der Waals surface area contributed by atoms with Crippen LogP contribution < -0.4 is 26.8 Å². The summed E-state index contributed by atoms with van der Waals surface area (Å²) in [5.74, 6) is 0.0128. The number of nitrogens with two attached hydrogens (primary N) is 1. The van der Waals surface area contributed by atoms with Gasteiger partial charge in [0.05, 0.1) is 13.1 Å². The Balaban J connectivity index is 1.99. The SMILES string of the molecule is CC(C)CCN(C(=O)CN(C)c1ccccc1)c1c(N)n(Cc2ccccc2)c(=O)[nH]c1=O. The molecule has 0 saturated carbocycles. The molecule has 0 fully saturated rings. The van der Waals surface area contributed by atoms with E-state index < -0.39 is 11.2 Å². The van der Waals surface area contributed by atoms with Crippen LogP contribution in [0.5, 0.6) is 0 Å². The highest BCUT2D eigenvalue weighted by atomic mass is 16.2. The standard InChI is InChI=1S/C25H31N5O3/c1-18(2)14-15-29(21(31)17-28(3)20-12-8-5-9-13-20)22-23(26)30(25(33)27-24(22)32)16-19-10-6-4-7-11-19/h4-13,18H,14-17,26H2,1-3H3,(H,27,32,33). The van der Waals surface area contributed by atoms with Crippen molar-refractivity contribution >= 4 is 23.1 Å². The number of carbonyl (C=O) groups is 1. The molecule has 0 saturated heterocycles. The summed E-state index contributed by atoms with van der Waals surface area (Å²) in [6, 6.07) is 18.9. The lowest BCUT2D eigenvalue weighted by Gasteiger charge is -2.28. The van der Waals surface area contributed by atoms with Crippen LogP contribution in [0.25, 0.3) is 0 Å². The molecule has 0 aliphatic rings. The Morgan fingerprint density at radius 3 is 2.24 bits per heavy atom. The van der Waals surface area contributed by atoms with Crippen molar-refractivity contribution in [1.29, 1.82) is 0 Å². The number of aromatic amines is 1. The van der Waals surface area contributed by atoms with Gasteiger partial charge in [-0.05, 0) is 30.0 Å². The second-order valence-corrected chi connectivity index (χ2v) is 8.48. The molecule has 0 aliphatic heterocycles. The Bertz CT molecular complexity index is 1190. The van der Waals surface area contributed by atoms with E-state index in [0.29, 0.717) is 18.9 Å². The van der Waals surface area contributed by atoms with E-state index in [1.165, 1.54) is 9.47 Å². The number of anilines is 3. The molecule has 1 heterocycles. The Morgan fingerprint density at radius 2 is 1.64 bits per heavy atom. The van der Waals surface area contributed by atoms with Gasteiger partial charge in [0.25, 0.3) is 5.56 Å². The highest BCUT2D eigenvalue weighted by molar-refractivity contribution is 5.98. The van der Waals surface area contributed by atoms with E-state index in [-0.39, 0.29) is 30.5 Å². The van der Waals surface area contributed by atoms with Gasteiger partial charge in [-0.15, -0.1) is 0 Å². The van der Waals surface area contributed by atoms with Crippen molar-refractivity contribution in [3.8, 4) is 0 Å². The number of nitrogens with one attached hydrogen (secondary N) is 1. The molecule has 3 N–H and O–H groups in total. The van der Waals surface area contributed by atoms with Gasteiger partial charge in [-0.2, -0.15) is 0 Å². The third kappa shape index (κ3) is 5.91. The maximum Gasteiger partial charge on any atom is 0.330 e. The van der Waals surface area contributed by atoms with Crippen molar-refractivity contribution in [1.82, 2.24) is 9.55 Å². The normalized spacial score (nSPS) is 10.9. The molecule has 3 rings (SSSR count). The van der Waals surface area contributed by atoms with Gasteiger partial charge in [0.2, 0.25) is 5.91 Å². The number of hydrogen-bond acceptors (Lipinski definition) is 5. The van der Waals surface area contributed by atoms with Crippen molar-refractivity contribution in [3.05, 3.63) is 87.1 Å². The minimum Gasteiger partial charge on any atom is -0.383 e. The number of amides is 1. The molecule has 8 heteroatoms. The Morgan fingerprint density at radius 1 is 1.03 bits per heavy atom. The second kappa shape index (κ2) is 10.7. The molecule has 3 aromatic rings. The number of likely N-dealkylation sites (N-methyl/N-ethyl adjacent to an activating group) is 1. The van der Waals surface area contributed by atoms with Gasteiger partial charge in [0, 0.05) is 19.3 Å². The van der Waals surface area contributed by atoms with Crippen LogP contribution in [0.4, 0.5) is 17.2 Å². The number of nitrogen functional groups attached to an aromatic ring is 1. The molecule has 0 atom stereocenters. The quantitative estimate of drug-likeness (QED) is 0.523. The van der Waals surface area contributed by atoms with Crippen molar-refractivity contribution in [2.24, 2.45) is 5.92 Å². The van der Waals surface area contributed by atoms with E-state index in [9.17, 15) is 14.4 Å². The number of para-hydroxylation sites is 1. The topological polar surface area (TPSA) is 104 Å². The molecule has 0 aliphatic carbocycles. The van der Waals surface area contributed by atoms with Gasteiger partial charge in [-0.1, -0.05) is 62.4 Å². The number of hydrogen-bond donors (Lipinski definition) is 2. The minimum atomic E-state index is -0.665. The molecule has 0 unspecified atom stereocenters. The minimum absolute atomic E-state index is 0.0117. The summed E-state index contributed by atoms with van der Waals surface area (Å²) in [6.07, 6.45) is 0.678. The summed E-state index contributed by atoms with van der Waals surface area (Å²) in [5, 5.41) is 0. The van der Waals surface area contributed by atoms with Crippen LogP contribution in [0.3, 0.4) is 0 Å². The Hall–Kier alpha value is -3.81. The van der Waals surface area contributed by atoms with Crippen molar-refractivity contribution in [2.45, 2.75) is 26.8 Å². The van der Waals surface area contributed by atoms with Crippen LogP contribution in [-0.2, 0) is 11.3 Å². The van der Waals surface area contributed by atoms with Gasteiger partial charge in [0.1, 0.15) is 5.82 Å². The van der Waals surface area contributed by atoms with Gasteiger partial charge < -0.3 is 15.5 Å². The monoisotopic (exact) mass is 449 g/mol. The zero-order valence-electron chi connectivity index (χ0n) is 19.3. The molecule has 174 valence electrons. The van der Waals surface area contributed by atoms with E-state index in [1.807, 2.05) is 86.5 Å². The van der Waals surface area contributed by atoms with Crippen LogP contribution in [-0.4, -0.2) is 35.6 Å². The summed E-state index contributed by atoms with van der Waals surface area (Å²) in [4.78, 5) is 44.4. The summed E-state index contributed by atoms with van der Waals surface area (Å²) in [6.45, 7) is 4.64. The lowest BCUT2D eigenvalue weighted by Crippen LogP contribution is -2.45. The molecular weight excluding hydrogens is 418 g/mol. The van der Waals surface area contributed by atoms with E-state index in [1.54, 1.807) is 0 Å². The van der Waals surface area contributed by atoms with E-state index >= 15 is 0 Å². The fraction of sp³-hybridized carbons (Fsp3) is 0.320. The number of benzene rings is 2. The third-order valence-electron chi connectivity index (χ3n) is 5.47. The first kappa shape index (κ1) is 23.8. The summed E-state index contributed by atoms with van der Waals surface area (Å²) in [7, 11) is 1.82. The first-order valence-electron chi connectivity index (χ1n) is 11.0. The number of carbonyl (C=O) groups excluding carboxylic acids is 1. The fourth-order valence-electron chi connectivity index (χ4n) is 3.57. The van der Waals surface area contributed by atoms with Crippen LogP contribution in [0.1, 0.15) is 25.8 Å². The average molecular weight is 450 g/mol. The number of rotatable bonds is 9. The average Bonchev–Trinajstić information content (AvgIpc) is 2.79. The smallest absolute Gasteiger partial charge is 0.330 e. The van der Waals surface area contributed by atoms with Crippen LogP contribution in [0.15, 0.2) is 70.3 Å². The van der Waals surface area contributed by atoms with Crippen LogP contribution >= 0.6 is 0 Å². The molecule has 1 aromatic heterocycles. The van der Waals surface area contributed by atoms with Gasteiger partial charge in [0.15, 0.2) is 5.69 Å². The zero-order chi connectivity index (χ0) is 24.0. The van der Waals surface area contributed by atoms with E-state index in [2.05, 4.69) is 4.98 Å². The van der Waals surface area contributed by atoms with Gasteiger partial charge >= 0.3 is 5.69 Å². The Labute approximate surface area is 193 Å². The molecule has 8 nitrogen and oxygen atoms in total. The summed E-state index contributed by atoms with van der Waals surface area (Å²) < 4.78 is 1.29. The lowest BCUT2D eigenvalue weighted by atomic mass is 10.1. The van der Waals surface area contributed by atoms with E-state index in [4.69, 9.17) is 5.73 Å². The highest BCUT2D eigenvalue weighted by Gasteiger charge is 2.25. The molecule has 2 aromatic carbocycles. The molecule has 0 spiro atoms. The first-order chi connectivity index (χ1) is 15.8. The zero-order valence-corrected chi connectivity index (χ0v) is 19.3. The van der Waals surface area contributed by atoms with Gasteiger partial charge in [-0.25, -0.2) is 4.79 Å². The largest absolute Gasteiger partial charge is 0.383 e. The van der Waals surface area contributed by atoms with Crippen molar-refractivity contribution in [2.75, 3.05) is 35.7 Å².